The second-order valence-electron chi connectivity index (χ2n) is 8.14. The molecule has 1 atom stereocenters. The molecule has 1 unspecified atom stereocenters. The summed E-state index contributed by atoms with van der Waals surface area (Å²) < 4.78 is 7.83. The molecule has 2 N–H and O–H groups in total. The van der Waals surface area contributed by atoms with Gasteiger partial charge >= 0.3 is 0 Å². The fourth-order valence-electron chi connectivity index (χ4n) is 4.01. The lowest BCUT2D eigenvalue weighted by molar-refractivity contribution is -0.114. The number of nitrogens with one attached hydrogen (secondary N) is 2. The largest absolute Gasteiger partial charge is 0.373 e. The molecule has 0 radical (unpaired) electrons. The Morgan fingerprint density at radius 3 is 2.63 bits per heavy atom. The van der Waals surface area contributed by atoms with Crippen LogP contribution in [0.3, 0.4) is 0 Å². The van der Waals surface area contributed by atoms with Crippen molar-refractivity contribution in [3.8, 4) is 0 Å². The highest BCUT2D eigenvalue weighted by Gasteiger charge is 2.30. The van der Waals surface area contributed by atoms with Gasteiger partial charge in [0.1, 0.15) is 5.69 Å². The van der Waals surface area contributed by atoms with Gasteiger partial charge in [-0.25, -0.2) is 0 Å². The van der Waals surface area contributed by atoms with Crippen LogP contribution in [0.2, 0.25) is 0 Å². The minimum absolute atomic E-state index is 0.124. The van der Waals surface area contributed by atoms with Gasteiger partial charge in [0.2, 0.25) is 5.91 Å². The number of anilines is 1. The van der Waals surface area contributed by atoms with Gasteiger partial charge in [0.25, 0.3) is 5.91 Å². The number of hydrogen-bond acceptors (Lipinski definition) is 3. The van der Waals surface area contributed by atoms with Crippen molar-refractivity contribution < 1.29 is 14.3 Å². The van der Waals surface area contributed by atoms with Crippen molar-refractivity contribution in [1.82, 2.24) is 9.88 Å². The van der Waals surface area contributed by atoms with Crippen molar-refractivity contribution in [3.05, 3.63) is 65.9 Å². The smallest absolute Gasteiger partial charge is 0.268 e. The first-order valence-electron chi connectivity index (χ1n) is 10.3. The highest BCUT2D eigenvalue weighted by molar-refractivity contribution is 6.00. The Bertz CT molecular complexity index is 1070. The Morgan fingerprint density at radius 2 is 1.93 bits per heavy atom. The molecular weight excluding hydrogens is 378 g/mol. The van der Waals surface area contributed by atoms with E-state index in [0.29, 0.717) is 24.5 Å². The van der Waals surface area contributed by atoms with E-state index < -0.39 is 0 Å². The normalized spacial score (nSPS) is 18.5. The topological polar surface area (TPSA) is 72.4 Å². The first kappa shape index (κ1) is 20.2. The molecule has 6 heteroatoms. The van der Waals surface area contributed by atoms with Gasteiger partial charge in [0, 0.05) is 43.2 Å². The molecular formula is C24H27N3O3. The van der Waals surface area contributed by atoms with Crippen molar-refractivity contribution in [2.24, 2.45) is 0 Å². The Balaban J connectivity index is 1.67. The van der Waals surface area contributed by atoms with Crippen LogP contribution >= 0.6 is 0 Å². The summed E-state index contributed by atoms with van der Waals surface area (Å²) in [4.78, 5) is 24.5. The molecule has 0 bridgehead atoms. The van der Waals surface area contributed by atoms with Crippen LogP contribution in [-0.2, 0) is 16.1 Å². The molecule has 2 amide bonds. The van der Waals surface area contributed by atoms with Gasteiger partial charge in [-0.3, -0.25) is 9.59 Å². The molecule has 1 aliphatic heterocycles. The maximum Gasteiger partial charge on any atom is 0.268 e. The number of hydrogen-bond donors (Lipinski definition) is 2. The molecule has 3 aromatic rings. The molecule has 1 aromatic heterocycles. The number of nitrogens with zero attached hydrogens (tertiary/aromatic N) is 1. The van der Waals surface area contributed by atoms with E-state index in [-0.39, 0.29) is 17.4 Å². The van der Waals surface area contributed by atoms with Gasteiger partial charge in [-0.05, 0) is 49.6 Å². The molecule has 1 aliphatic rings. The molecule has 6 nitrogen and oxygen atoms in total. The van der Waals surface area contributed by atoms with E-state index in [1.807, 2.05) is 66.1 Å². The van der Waals surface area contributed by atoms with Crippen LogP contribution < -0.4 is 10.6 Å². The summed E-state index contributed by atoms with van der Waals surface area (Å²) in [6.07, 6.45) is 1.97. The zero-order valence-corrected chi connectivity index (χ0v) is 17.4. The third-order valence-electron chi connectivity index (χ3n) is 5.56. The van der Waals surface area contributed by atoms with Crippen molar-refractivity contribution in [2.45, 2.75) is 38.8 Å². The fourth-order valence-corrected chi connectivity index (χ4v) is 4.01. The molecule has 156 valence electrons. The number of fused-ring (bicyclic) bond motifs is 1. The van der Waals surface area contributed by atoms with Gasteiger partial charge in [0.05, 0.1) is 5.60 Å². The minimum Gasteiger partial charge on any atom is -0.373 e. The van der Waals surface area contributed by atoms with Crippen LogP contribution in [0, 0.1) is 0 Å². The molecule has 0 spiro atoms. The standard InChI is InChI=1S/C24H27N3O3/c1-17(28)26-20-9-10-21-19(13-20)14-22(27(21)15-18-7-4-3-5-8-18)23(29)25-16-24(2)11-6-12-30-24/h3-5,7-10,13-14H,6,11-12,15-16H2,1-2H3,(H,25,29)(H,26,28). The van der Waals surface area contributed by atoms with E-state index >= 15 is 0 Å². The number of rotatable bonds is 6. The lowest BCUT2D eigenvalue weighted by Gasteiger charge is -2.23. The van der Waals surface area contributed by atoms with Gasteiger partial charge in [-0.15, -0.1) is 0 Å². The van der Waals surface area contributed by atoms with Crippen LogP contribution in [0.25, 0.3) is 10.9 Å². The van der Waals surface area contributed by atoms with E-state index in [2.05, 4.69) is 10.6 Å². The van der Waals surface area contributed by atoms with E-state index in [0.717, 1.165) is 35.9 Å². The number of benzene rings is 2. The number of carbonyl (C=O) groups excluding carboxylic acids is 2. The molecule has 30 heavy (non-hydrogen) atoms. The third kappa shape index (κ3) is 4.39. The van der Waals surface area contributed by atoms with Crippen LogP contribution in [-0.4, -0.2) is 35.1 Å². The Morgan fingerprint density at radius 1 is 1.13 bits per heavy atom. The number of aromatic nitrogens is 1. The number of ether oxygens (including phenoxy) is 1. The molecule has 1 fully saturated rings. The highest BCUT2D eigenvalue weighted by atomic mass is 16.5. The Hall–Kier alpha value is -3.12. The van der Waals surface area contributed by atoms with E-state index in [4.69, 9.17) is 4.74 Å². The maximum atomic E-state index is 13.1. The second-order valence-corrected chi connectivity index (χ2v) is 8.14. The van der Waals surface area contributed by atoms with E-state index in [9.17, 15) is 9.59 Å². The Kier molecular flexibility index (Phi) is 5.59. The Labute approximate surface area is 176 Å². The summed E-state index contributed by atoms with van der Waals surface area (Å²) in [6, 6.07) is 17.7. The summed E-state index contributed by atoms with van der Waals surface area (Å²) in [6.45, 7) is 5.33. The van der Waals surface area contributed by atoms with Crippen LogP contribution in [0.1, 0.15) is 42.7 Å². The molecule has 2 aromatic carbocycles. The average Bonchev–Trinajstić information content (AvgIpc) is 3.31. The average molecular weight is 405 g/mol. The minimum atomic E-state index is -0.301. The third-order valence-corrected chi connectivity index (χ3v) is 5.56. The first-order valence-corrected chi connectivity index (χ1v) is 10.3. The van der Waals surface area contributed by atoms with Crippen LogP contribution in [0.15, 0.2) is 54.6 Å². The van der Waals surface area contributed by atoms with Crippen LogP contribution in [0.4, 0.5) is 5.69 Å². The lowest BCUT2D eigenvalue weighted by Crippen LogP contribution is -2.40. The lowest BCUT2D eigenvalue weighted by atomic mass is 10.0. The quantitative estimate of drug-likeness (QED) is 0.652. The number of amides is 2. The summed E-state index contributed by atoms with van der Waals surface area (Å²) in [5, 5.41) is 6.78. The van der Waals surface area contributed by atoms with Gasteiger partial charge in [-0.2, -0.15) is 0 Å². The van der Waals surface area contributed by atoms with E-state index in [1.54, 1.807) is 0 Å². The molecule has 1 saturated heterocycles. The predicted octanol–water partition coefficient (Wildman–Crippen LogP) is 3.95. The van der Waals surface area contributed by atoms with Gasteiger partial charge in [0.15, 0.2) is 0 Å². The summed E-state index contributed by atoms with van der Waals surface area (Å²) in [7, 11) is 0. The summed E-state index contributed by atoms with van der Waals surface area (Å²) in [5.74, 6) is -0.249. The van der Waals surface area contributed by atoms with Gasteiger partial charge in [-0.1, -0.05) is 30.3 Å². The SMILES string of the molecule is CC(=O)Nc1ccc2c(c1)cc(C(=O)NCC1(C)CCCO1)n2Cc1ccccc1. The van der Waals surface area contributed by atoms with Crippen LogP contribution in [0.5, 0.6) is 0 Å². The molecule has 2 heterocycles. The summed E-state index contributed by atoms with van der Waals surface area (Å²) in [5.41, 5.74) is 3.06. The first-order chi connectivity index (χ1) is 14.4. The predicted molar refractivity (Wildman–Crippen MR) is 118 cm³/mol. The molecule has 4 rings (SSSR count). The zero-order chi connectivity index (χ0) is 21.1. The van der Waals surface area contributed by atoms with Crippen molar-refractivity contribution in [2.75, 3.05) is 18.5 Å². The zero-order valence-electron chi connectivity index (χ0n) is 17.4. The monoisotopic (exact) mass is 405 g/mol. The molecule has 0 saturated carbocycles. The van der Waals surface area contributed by atoms with E-state index in [1.165, 1.54) is 6.92 Å². The second kappa shape index (κ2) is 8.32. The van der Waals surface area contributed by atoms with Crippen molar-refractivity contribution in [3.63, 3.8) is 0 Å². The van der Waals surface area contributed by atoms with Crippen molar-refractivity contribution >= 4 is 28.4 Å². The fraction of sp³-hybridized carbons (Fsp3) is 0.333. The summed E-state index contributed by atoms with van der Waals surface area (Å²) >= 11 is 0. The highest BCUT2D eigenvalue weighted by Crippen LogP contribution is 2.26. The maximum absolute atomic E-state index is 13.1. The van der Waals surface area contributed by atoms with Gasteiger partial charge < -0.3 is 19.9 Å². The molecule has 0 aliphatic carbocycles. The number of carbonyl (C=O) groups is 2. The van der Waals surface area contributed by atoms with Crippen molar-refractivity contribution in [1.29, 1.82) is 0 Å².